The maximum atomic E-state index is 5.94. The van der Waals surface area contributed by atoms with Gasteiger partial charge in [-0.05, 0) is 63.2 Å². The van der Waals surface area contributed by atoms with E-state index in [1.54, 1.807) is 0 Å². The van der Waals surface area contributed by atoms with Gasteiger partial charge >= 0.3 is 0 Å². The third kappa shape index (κ3) is 2.98. The van der Waals surface area contributed by atoms with Crippen LogP contribution in [0.4, 0.5) is 0 Å². The first-order valence-electron chi connectivity index (χ1n) is 9.31. The average molecular weight is 334 g/mol. The summed E-state index contributed by atoms with van der Waals surface area (Å²) >= 11 is 0. The second kappa shape index (κ2) is 7.06. The van der Waals surface area contributed by atoms with E-state index in [1.165, 1.54) is 40.1 Å². The number of benzene rings is 4. The molecule has 0 spiro atoms. The van der Waals surface area contributed by atoms with E-state index in [2.05, 4.69) is 85.6 Å². The van der Waals surface area contributed by atoms with Crippen molar-refractivity contribution in [3.63, 3.8) is 0 Å². The lowest BCUT2D eigenvalue weighted by Gasteiger charge is -2.11. The van der Waals surface area contributed by atoms with Gasteiger partial charge < -0.3 is 0 Å². The Morgan fingerprint density at radius 2 is 1.54 bits per heavy atom. The van der Waals surface area contributed by atoms with E-state index in [0.717, 1.165) is 22.9 Å². The van der Waals surface area contributed by atoms with Crippen molar-refractivity contribution >= 4 is 21.5 Å². The van der Waals surface area contributed by atoms with Crippen LogP contribution in [0.2, 0.25) is 0 Å². The molecule has 4 aromatic rings. The molecule has 0 amide bonds. The van der Waals surface area contributed by atoms with Crippen molar-refractivity contribution < 1.29 is 0 Å². The second-order valence-electron chi connectivity index (χ2n) is 6.85. The van der Waals surface area contributed by atoms with E-state index in [9.17, 15) is 0 Å². The van der Waals surface area contributed by atoms with Crippen molar-refractivity contribution in [2.45, 2.75) is 26.2 Å². The Labute approximate surface area is 155 Å². The van der Waals surface area contributed by atoms with E-state index in [4.69, 9.17) is 6.42 Å². The van der Waals surface area contributed by atoms with E-state index < -0.39 is 0 Å². The Morgan fingerprint density at radius 3 is 2.23 bits per heavy atom. The molecule has 0 saturated carbocycles. The molecule has 0 atom stereocenters. The standard InChI is InChI=1S/C26H22/c1-3-5-8-19-11-13-20(14-12-19)25-16-15-23-17-21-9-6-7-10-22(21)18-26(23)24(25)4-2/h2,6-7,9-18H,3,5,8H2,1H3. The highest BCUT2D eigenvalue weighted by molar-refractivity contribution is 6.03. The number of fused-ring (bicyclic) bond motifs is 2. The van der Waals surface area contributed by atoms with Crippen LogP contribution in [0.25, 0.3) is 32.7 Å². The highest BCUT2D eigenvalue weighted by Gasteiger charge is 2.09. The molecular weight excluding hydrogens is 312 g/mol. The van der Waals surface area contributed by atoms with Crippen molar-refractivity contribution in [2.24, 2.45) is 0 Å². The number of aryl methyl sites for hydroxylation is 1. The predicted molar refractivity (Wildman–Crippen MR) is 113 cm³/mol. The van der Waals surface area contributed by atoms with Gasteiger partial charge in [0.15, 0.2) is 0 Å². The van der Waals surface area contributed by atoms with Gasteiger partial charge in [0.25, 0.3) is 0 Å². The summed E-state index contributed by atoms with van der Waals surface area (Å²) in [7, 11) is 0. The molecule has 26 heavy (non-hydrogen) atoms. The number of terminal acetylenes is 1. The summed E-state index contributed by atoms with van der Waals surface area (Å²) < 4.78 is 0. The monoisotopic (exact) mass is 334 g/mol. The summed E-state index contributed by atoms with van der Waals surface area (Å²) in [5.74, 6) is 2.95. The molecule has 0 aliphatic rings. The summed E-state index contributed by atoms with van der Waals surface area (Å²) in [5.41, 5.74) is 4.70. The third-order valence-corrected chi connectivity index (χ3v) is 5.11. The highest BCUT2D eigenvalue weighted by Crippen LogP contribution is 2.32. The molecule has 0 bridgehead atoms. The van der Waals surface area contributed by atoms with Gasteiger partial charge in [-0.3, -0.25) is 0 Å². The molecule has 0 radical (unpaired) electrons. The first-order valence-corrected chi connectivity index (χ1v) is 9.31. The Morgan fingerprint density at radius 1 is 0.808 bits per heavy atom. The molecule has 0 nitrogen and oxygen atoms in total. The minimum Gasteiger partial charge on any atom is -0.115 e. The quantitative estimate of drug-likeness (QED) is 0.279. The van der Waals surface area contributed by atoms with Crippen LogP contribution in [-0.4, -0.2) is 0 Å². The SMILES string of the molecule is C#Cc1c(-c2ccc(CCCC)cc2)ccc2cc3ccccc3cc12. The summed E-state index contributed by atoms with van der Waals surface area (Å²) in [6.07, 6.45) is 9.54. The van der Waals surface area contributed by atoms with Crippen molar-refractivity contribution in [3.05, 3.63) is 83.9 Å². The van der Waals surface area contributed by atoms with Crippen molar-refractivity contribution in [1.82, 2.24) is 0 Å². The van der Waals surface area contributed by atoms with Crippen LogP contribution >= 0.6 is 0 Å². The Bertz CT molecular complexity index is 1110. The number of rotatable bonds is 4. The van der Waals surface area contributed by atoms with Crippen LogP contribution in [0.3, 0.4) is 0 Å². The Kier molecular flexibility index (Phi) is 4.46. The largest absolute Gasteiger partial charge is 0.115 e. The van der Waals surface area contributed by atoms with Crippen molar-refractivity contribution in [2.75, 3.05) is 0 Å². The van der Waals surface area contributed by atoms with Gasteiger partial charge in [-0.15, -0.1) is 6.42 Å². The zero-order valence-electron chi connectivity index (χ0n) is 15.1. The summed E-state index contributed by atoms with van der Waals surface area (Å²) in [4.78, 5) is 0. The molecule has 0 fully saturated rings. The number of unbranched alkanes of at least 4 members (excludes halogenated alkanes) is 1. The molecule has 0 saturated heterocycles. The Balaban J connectivity index is 1.85. The lowest BCUT2D eigenvalue weighted by molar-refractivity contribution is 0.795. The van der Waals surface area contributed by atoms with Gasteiger partial charge in [0.2, 0.25) is 0 Å². The summed E-state index contributed by atoms with van der Waals surface area (Å²) in [6.45, 7) is 2.23. The fourth-order valence-electron chi connectivity index (χ4n) is 3.64. The summed E-state index contributed by atoms with van der Waals surface area (Å²) in [6, 6.07) is 26.1. The van der Waals surface area contributed by atoms with E-state index >= 15 is 0 Å². The topological polar surface area (TPSA) is 0 Å². The molecule has 0 aromatic heterocycles. The molecule has 126 valence electrons. The van der Waals surface area contributed by atoms with Crippen LogP contribution in [-0.2, 0) is 6.42 Å². The predicted octanol–water partition coefficient (Wildman–Crippen LogP) is 6.98. The molecular formula is C26H22. The highest BCUT2D eigenvalue weighted by atomic mass is 14.1. The lowest BCUT2D eigenvalue weighted by atomic mass is 9.92. The molecule has 0 heteroatoms. The van der Waals surface area contributed by atoms with E-state index in [1.807, 2.05) is 0 Å². The lowest BCUT2D eigenvalue weighted by Crippen LogP contribution is -1.89. The second-order valence-corrected chi connectivity index (χ2v) is 6.85. The first kappa shape index (κ1) is 16.4. The van der Waals surface area contributed by atoms with E-state index in [0.29, 0.717) is 0 Å². The van der Waals surface area contributed by atoms with Gasteiger partial charge in [0, 0.05) is 5.56 Å². The minimum atomic E-state index is 0.981. The Hall–Kier alpha value is -3.04. The van der Waals surface area contributed by atoms with Crippen LogP contribution in [0.1, 0.15) is 30.9 Å². The zero-order valence-corrected chi connectivity index (χ0v) is 15.1. The minimum absolute atomic E-state index is 0.981. The van der Waals surface area contributed by atoms with Crippen LogP contribution in [0.15, 0.2) is 72.8 Å². The molecule has 0 aliphatic heterocycles. The normalized spacial score (nSPS) is 10.9. The first-order chi connectivity index (χ1) is 12.8. The smallest absolute Gasteiger partial charge is 0.0399 e. The molecule has 0 heterocycles. The molecule has 0 aliphatic carbocycles. The van der Waals surface area contributed by atoms with E-state index in [-0.39, 0.29) is 0 Å². The molecule has 4 rings (SSSR count). The molecule has 4 aromatic carbocycles. The average Bonchev–Trinajstić information content (AvgIpc) is 2.70. The van der Waals surface area contributed by atoms with Crippen LogP contribution in [0, 0.1) is 12.3 Å². The fraction of sp³-hybridized carbons (Fsp3) is 0.154. The maximum absolute atomic E-state index is 5.94. The number of hydrogen-bond donors (Lipinski definition) is 0. The summed E-state index contributed by atoms with van der Waals surface area (Å²) in [5, 5.41) is 4.82. The van der Waals surface area contributed by atoms with Gasteiger partial charge in [-0.25, -0.2) is 0 Å². The van der Waals surface area contributed by atoms with Gasteiger partial charge in [0.05, 0.1) is 0 Å². The van der Waals surface area contributed by atoms with Crippen molar-refractivity contribution in [3.8, 4) is 23.5 Å². The van der Waals surface area contributed by atoms with Crippen LogP contribution in [0.5, 0.6) is 0 Å². The molecule has 0 unspecified atom stereocenters. The van der Waals surface area contributed by atoms with Gasteiger partial charge in [-0.1, -0.05) is 79.9 Å². The zero-order chi connectivity index (χ0) is 17.9. The van der Waals surface area contributed by atoms with Crippen LogP contribution < -0.4 is 0 Å². The molecule has 0 N–H and O–H groups in total. The maximum Gasteiger partial charge on any atom is 0.0399 e. The fourth-order valence-corrected chi connectivity index (χ4v) is 3.64. The van der Waals surface area contributed by atoms with Gasteiger partial charge in [-0.2, -0.15) is 0 Å². The number of hydrogen-bond acceptors (Lipinski definition) is 0. The van der Waals surface area contributed by atoms with Crippen molar-refractivity contribution in [1.29, 1.82) is 0 Å². The third-order valence-electron chi connectivity index (χ3n) is 5.11. The van der Waals surface area contributed by atoms with Gasteiger partial charge in [0.1, 0.15) is 0 Å².